The Morgan fingerprint density at radius 3 is 2.95 bits per heavy atom. The molecule has 5 heteroatoms. The van der Waals surface area contributed by atoms with Gasteiger partial charge in [0.1, 0.15) is 6.33 Å². The highest BCUT2D eigenvalue weighted by Gasteiger charge is 2.44. The molecule has 2 aliphatic rings. The van der Waals surface area contributed by atoms with Gasteiger partial charge in [-0.3, -0.25) is 9.48 Å². The van der Waals surface area contributed by atoms with Crippen LogP contribution in [-0.4, -0.2) is 38.7 Å². The van der Waals surface area contributed by atoms with Gasteiger partial charge in [-0.15, -0.1) is 5.10 Å². The van der Waals surface area contributed by atoms with Crippen molar-refractivity contribution in [1.82, 2.24) is 19.7 Å². The molecule has 1 saturated heterocycles. The van der Waals surface area contributed by atoms with Gasteiger partial charge >= 0.3 is 0 Å². The van der Waals surface area contributed by atoms with E-state index in [0.717, 1.165) is 25.9 Å². The zero-order chi connectivity index (χ0) is 15.2. The SMILES string of the molecule is Cn1cnc(C(=O)N2CCC3(CCCc4ccccc43)C2)n1. The predicted molar refractivity (Wildman–Crippen MR) is 82.6 cm³/mol. The molecule has 1 aliphatic heterocycles. The predicted octanol–water partition coefficient (Wildman–Crippen LogP) is 1.94. The number of likely N-dealkylation sites (tertiary alicyclic amines) is 1. The number of carbonyl (C=O) groups is 1. The number of hydrogen-bond acceptors (Lipinski definition) is 3. The Balaban J connectivity index is 1.62. The third kappa shape index (κ3) is 2.03. The second-order valence-corrected chi connectivity index (χ2v) is 6.51. The van der Waals surface area contributed by atoms with Crippen LogP contribution in [0.1, 0.15) is 41.0 Å². The van der Waals surface area contributed by atoms with Gasteiger partial charge < -0.3 is 4.90 Å². The highest BCUT2D eigenvalue weighted by molar-refractivity contribution is 5.90. The summed E-state index contributed by atoms with van der Waals surface area (Å²) in [5, 5.41) is 4.15. The maximum absolute atomic E-state index is 12.6. The minimum absolute atomic E-state index is 0.0412. The van der Waals surface area contributed by atoms with Crippen LogP contribution >= 0.6 is 0 Å². The third-order valence-corrected chi connectivity index (χ3v) is 5.12. The lowest BCUT2D eigenvalue weighted by atomic mass is 9.69. The van der Waals surface area contributed by atoms with Crippen LogP contribution in [0.5, 0.6) is 0 Å². The van der Waals surface area contributed by atoms with E-state index >= 15 is 0 Å². The zero-order valence-electron chi connectivity index (χ0n) is 12.8. The third-order valence-electron chi connectivity index (χ3n) is 5.12. The van der Waals surface area contributed by atoms with E-state index in [4.69, 9.17) is 0 Å². The molecular weight excluding hydrogens is 276 g/mol. The Kier molecular flexibility index (Phi) is 3.03. The van der Waals surface area contributed by atoms with E-state index < -0.39 is 0 Å². The van der Waals surface area contributed by atoms with Gasteiger partial charge in [0.05, 0.1) is 0 Å². The van der Waals surface area contributed by atoms with E-state index in [2.05, 4.69) is 34.3 Å². The van der Waals surface area contributed by atoms with Crippen LogP contribution in [0.2, 0.25) is 0 Å². The molecule has 1 aromatic heterocycles. The van der Waals surface area contributed by atoms with Gasteiger partial charge in [0.15, 0.2) is 0 Å². The summed E-state index contributed by atoms with van der Waals surface area (Å²) in [4.78, 5) is 18.6. The quantitative estimate of drug-likeness (QED) is 0.808. The maximum atomic E-state index is 12.6. The lowest BCUT2D eigenvalue weighted by Gasteiger charge is -2.35. The number of nitrogens with zero attached hydrogens (tertiary/aromatic N) is 4. The van der Waals surface area contributed by atoms with Crippen molar-refractivity contribution in [3.05, 3.63) is 47.5 Å². The van der Waals surface area contributed by atoms with Crippen LogP contribution in [0.4, 0.5) is 0 Å². The Bertz CT molecular complexity index is 723. The molecular formula is C17H20N4O. The van der Waals surface area contributed by atoms with Crippen LogP contribution in [0, 0.1) is 0 Å². The molecule has 0 N–H and O–H groups in total. The molecule has 1 spiro atoms. The summed E-state index contributed by atoms with van der Waals surface area (Å²) < 4.78 is 1.58. The number of hydrogen-bond donors (Lipinski definition) is 0. The summed E-state index contributed by atoms with van der Waals surface area (Å²) in [6.07, 6.45) is 6.16. The van der Waals surface area contributed by atoms with Crippen LogP contribution in [0.25, 0.3) is 0 Å². The minimum Gasteiger partial charge on any atom is -0.335 e. The van der Waals surface area contributed by atoms with Crippen molar-refractivity contribution in [3.63, 3.8) is 0 Å². The first-order valence-electron chi connectivity index (χ1n) is 7.91. The number of benzene rings is 1. The molecule has 0 bridgehead atoms. The number of aromatic nitrogens is 3. The molecule has 1 aliphatic carbocycles. The number of fused-ring (bicyclic) bond motifs is 2. The highest BCUT2D eigenvalue weighted by Crippen LogP contribution is 2.44. The molecule has 1 fully saturated rings. The molecule has 0 saturated carbocycles. The second-order valence-electron chi connectivity index (χ2n) is 6.51. The first-order valence-corrected chi connectivity index (χ1v) is 7.91. The van der Waals surface area contributed by atoms with E-state index in [9.17, 15) is 4.79 Å². The first-order chi connectivity index (χ1) is 10.7. The van der Waals surface area contributed by atoms with Crippen molar-refractivity contribution in [2.75, 3.05) is 13.1 Å². The van der Waals surface area contributed by atoms with Crippen LogP contribution < -0.4 is 0 Å². The standard InChI is InChI=1S/C17H20N4O/c1-20-12-18-15(19-20)16(22)21-10-9-17(11-21)8-4-6-13-5-2-3-7-14(13)17/h2-3,5,7,12H,4,6,8-11H2,1H3. The number of aryl methyl sites for hydroxylation is 2. The van der Waals surface area contributed by atoms with Crippen molar-refractivity contribution in [2.45, 2.75) is 31.1 Å². The summed E-state index contributed by atoms with van der Waals surface area (Å²) >= 11 is 0. The van der Waals surface area contributed by atoms with Crippen LogP contribution in [-0.2, 0) is 18.9 Å². The normalized spacial score (nSPS) is 23.8. The molecule has 1 amide bonds. The second kappa shape index (κ2) is 4.93. The monoisotopic (exact) mass is 296 g/mol. The molecule has 2 aromatic rings. The average Bonchev–Trinajstić information content (AvgIpc) is 3.15. The molecule has 0 radical (unpaired) electrons. The van der Waals surface area contributed by atoms with Crippen molar-refractivity contribution in [1.29, 1.82) is 0 Å². The van der Waals surface area contributed by atoms with Gasteiger partial charge in [-0.1, -0.05) is 24.3 Å². The van der Waals surface area contributed by atoms with Crippen LogP contribution in [0.15, 0.2) is 30.6 Å². The Hall–Kier alpha value is -2.17. The molecule has 1 unspecified atom stereocenters. The first kappa shape index (κ1) is 13.5. The van der Waals surface area contributed by atoms with E-state index in [1.807, 2.05) is 4.90 Å². The fraction of sp³-hybridized carbons (Fsp3) is 0.471. The molecule has 1 atom stereocenters. The van der Waals surface area contributed by atoms with Crippen molar-refractivity contribution >= 4 is 5.91 Å². The summed E-state index contributed by atoms with van der Waals surface area (Å²) in [6.45, 7) is 1.59. The lowest BCUT2D eigenvalue weighted by molar-refractivity contribution is 0.0769. The van der Waals surface area contributed by atoms with Gasteiger partial charge in [-0.05, 0) is 36.8 Å². The van der Waals surface area contributed by atoms with Gasteiger partial charge in [-0.2, -0.15) is 0 Å². The fourth-order valence-corrected chi connectivity index (χ4v) is 4.06. The topological polar surface area (TPSA) is 51.0 Å². The van der Waals surface area contributed by atoms with Crippen molar-refractivity contribution < 1.29 is 4.79 Å². The maximum Gasteiger partial charge on any atom is 0.293 e. The molecule has 2 heterocycles. The average molecular weight is 296 g/mol. The van der Waals surface area contributed by atoms with Crippen LogP contribution in [0.3, 0.4) is 0 Å². The van der Waals surface area contributed by atoms with Crippen molar-refractivity contribution in [2.24, 2.45) is 7.05 Å². The molecule has 5 nitrogen and oxygen atoms in total. The van der Waals surface area contributed by atoms with Crippen molar-refractivity contribution in [3.8, 4) is 0 Å². The van der Waals surface area contributed by atoms with E-state index in [-0.39, 0.29) is 11.3 Å². The van der Waals surface area contributed by atoms with Gasteiger partial charge in [0.25, 0.3) is 5.91 Å². The molecule has 22 heavy (non-hydrogen) atoms. The fourth-order valence-electron chi connectivity index (χ4n) is 4.06. The molecule has 4 rings (SSSR count). The summed E-state index contributed by atoms with van der Waals surface area (Å²) in [5.41, 5.74) is 3.05. The lowest BCUT2D eigenvalue weighted by Crippen LogP contribution is -2.37. The Morgan fingerprint density at radius 1 is 1.27 bits per heavy atom. The number of rotatable bonds is 1. The number of carbonyl (C=O) groups excluding carboxylic acids is 1. The largest absolute Gasteiger partial charge is 0.335 e. The van der Waals surface area contributed by atoms with E-state index in [1.54, 1.807) is 18.1 Å². The van der Waals surface area contributed by atoms with Gasteiger partial charge in [-0.25, -0.2) is 4.98 Å². The molecule has 1 aromatic carbocycles. The summed E-state index contributed by atoms with van der Waals surface area (Å²) in [6, 6.07) is 8.73. The Morgan fingerprint density at radius 2 is 2.14 bits per heavy atom. The summed E-state index contributed by atoms with van der Waals surface area (Å²) in [7, 11) is 1.78. The highest BCUT2D eigenvalue weighted by atomic mass is 16.2. The summed E-state index contributed by atoms with van der Waals surface area (Å²) in [5.74, 6) is 0.268. The Labute approximate surface area is 130 Å². The van der Waals surface area contributed by atoms with Gasteiger partial charge in [0.2, 0.25) is 5.82 Å². The van der Waals surface area contributed by atoms with E-state index in [0.29, 0.717) is 5.82 Å². The van der Waals surface area contributed by atoms with Gasteiger partial charge in [0, 0.05) is 25.6 Å². The minimum atomic E-state index is -0.0412. The van der Waals surface area contributed by atoms with E-state index in [1.165, 1.54) is 24.0 Å². The smallest absolute Gasteiger partial charge is 0.293 e. The zero-order valence-corrected chi connectivity index (χ0v) is 12.8. The molecule has 114 valence electrons. The number of amides is 1.